The summed E-state index contributed by atoms with van der Waals surface area (Å²) in [6.07, 6.45) is 7.84. The Bertz CT molecular complexity index is 612. The van der Waals surface area contributed by atoms with Crippen LogP contribution >= 0.6 is 0 Å². The molecule has 2 atom stereocenters. The number of nitrogens with zero attached hydrogens (tertiary/aromatic N) is 5. The summed E-state index contributed by atoms with van der Waals surface area (Å²) < 4.78 is 1.72. The van der Waals surface area contributed by atoms with Crippen LogP contribution in [0.4, 0.5) is 5.82 Å². The Morgan fingerprint density at radius 1 is 1.48 bits per heavy atom. The van der Waals surface area contributed by atoms with Crippen molar-refractivity contribution in [3.8, 4) is 0 Å². The van der Waals surface area contributed by atoms with Gasteiger partial charge in [0.25, 0.3) is 0 Å². The van der Waals surface area contributed by atoms with E-state index in [2.05, 4.69) is 20.0 Å². The van der Waals surface area contributed by atoms with E-state index in [4.69, 9.17) is 0 Å². The second-order valence-electron chi connectivity index (χ2n) is 5.65. The van der Waals surface area contributed by atoms with E-state index in [0.717, 1.165) is 36.6 Å². The van der Waals surface area contributed by atoms with Crippen LogP contribution in [0, 0.1) is 6.92 Å². The van der Waals surface area contributed by atoms with Crippen molar-refractivity contribution in [2.24, 2.45) is 7.05 Å². The molecule has 1 aliphatic heterocycles. The largest absolute Gasteiger partial charge is 0.388 e. The molecule has 1 fully saturated rings. The molecule has 0 saturated carbocycles. The van der Waals surface area contributed by atoms with Crippen LogP contribution < -0.4 is 4.90 Å². The first-order valence-electron chi connectivity index (χ1n) is 7.36. The Morgan fingerprint density at radius 2 is 2.33 bits per heavy atom. The molecule has 0 amide bonds. The fourth-order valence-electron chi connectivity index (χ4n) is 2.99. The van der Waals surface area contributed by atoms with Gasteiger partial charge in [0.05, 0.1) is 12.3 Å². The van der Waals surface area contributed by atoms with Gasteiger partial charge in [-0.3, -0.25) is 4.68 Å². The number of hydrogen-bond donors (Lipinski definition) is 1. The molecule has 112 valence electrons. The normalized spacial score (nSPS) is 20.0. The van der Waals surface area contributed by atoms with Gasteiger partial charge in [-0.2, -0.15) is 5.10 Å². The first-order valence-corrected chi connectivity index (χ1v) is 7.36. The number of aliphatic hydroxyl groups excluding tert-OH is 1. The predicted octanol–water partition coefficient (Wildman–Crippen LogP) is 1.61. The quantitative estimate of drug-likeness (QED) is 0.925. The number of aliphatic hydroxyl groups is 1. The van der Waals surface area contributed by atoms with Crippen molar-refractivity contribution < 1.29 is 5.11 Å². The molecule has 0 radical (unpaired) electrons. The van der Waals surface area contributed by atoms with Crippen molar-refractivity contribution in [1.29, 1.82) is 0 Å². The third-order valence-electron chi connectivity index (χ3n) is 4.04. The molecule has 1 N–H and O–H groups in total. The summed E-state index contributed by atoms with van der Waals surface area (Å²) in [5.41, 5.74) is 0.878. The maximum absolute atomic E-state index is 10.4. The molecule has 0 aromatic carbocycles. The predicted molar refractivity (Wildman–Crippen MR) is 79.9 cm³/mol. The zero-order chi connectivity index (χ0) is 14.8. The summed E-state index contributed by atoms with van der Waals surface area (Å²) in [6, 6.07) is 2.26. The molecule has 2 unspecified atom stereocenters. The Balaban J connectivity index is 1.72. The van der Waals surface area contributed by atoms with Crippen LogP contribution in [0.3, 0.4) is 0 Å². The summed E-state index contributed by atoms with van der Waals surface area (Å²) in [5.74, 6) is 1.74. The topological polar surface area (TPSA) is 67.1 Å². The smallest absolute Gasteiger partial charge is 0.132 e. The van der Waals surface area contributed by atoms with Crippen molar-refractivity contribution in [3.05, 3.63) is 36.0 Å². The first-order chi connectivity index (χ1) is 10.1. The summed E-state index contributed by atoms with van der Waals surface area (Å²) in [6.45, 7) is 2.89. The lowest BCUT2D eigenvalue weighted by molar-refractivity contribution is 0.158. The first kappa shape index (κ1) is 14.0. The lowest BCUT2D eigenvalue weighted by atomic mass is 10.0. The van der Waals surface area contributed by atoms with Crippen LogP contribution in [0.1, 0.15) is 36.8 Å². The third-order valence-corrected chi connectivity index (χ3v) is 4.04. The van der Waals surface area contributed by atoms with Gasteiger partial charge in [0, 0.05) is 37.6 Å². The van der Waals surface area contributed by atoms with Gasteiger partial charge < -0.3 is 10.0 Å². The minimum atomic E-state index is -0.479. The number of anilines is 1. The standard InChI is InChI=1S/C15H21N5O/c1-11-16-6-5-15(18-11)20-7-3-4-13(20)8-14(21)12-9-17-19(2)10-12/h5-6,9-10,13-14,21H,3-4,7-8H2,1-2H3. The molecule has 2 aromatic heterocycles. The van der Waals surface area contributed by atoms with Crippen LogP contribution in [0.15, 0.2) is 24.7 Å². The molecule has 1 aliphatic rings. The van der Waals surface area contributed by atoms with E-state index in [9.17, 15) is 5.11 Å². The number of aromatic nitrogens is 4. The second-order valence-corrected chi connectivity index (χ2v) is 5.65. The molecule has 3 rings (SSSR count). The van der Waals surface area contributed by atoms with Gasteiger partial charge >= 0.3 is 0 Å². The lowest BCUT2D eigenvalue weighted by Crippen LogP contribution is -2.31. The van der Waals surface area contributed by atoms with Gasteiger partial charge in [-0.15, -0.1) is 0 Å². The van der Waals surface area contributed by atoms with E-state index in [-0.39, 0.29) is 0 Å². The molecule has 0 bridgehead atoms. The molecular formula is C15H21N5O. The summed E-state index contributed by atoms with van der Waals surface area (Å²) >= 11 is 0. The minimum Gasteiger partial charge on any atom is -0.388 e. The van der Waals surface area contributed by atoms with Crippen molar-refractivity contribution >= 4 is 5.82 Å². The highest BCUT2D eigenvalue weighted by Gasteiger charge is 2.28. The van der Waals surface area contributed by atoms with Crippen LogP contribution in [0.2, 0.25) is 0 Å². The third kappa shape index (κ3) is 3.05. The summed E-state index contributed by atoms with van der Waals surface area (Å²) in [5, 5.41) is 14.5. The van der Waals surface area contributed by atoms with Crippen LogP contribution in [-0.2, 0) is 7.05 Å². The highest BCUT2D eigenvalue weighted by molar-refractivity contribution is 5.40. The maximum Gasteiger partial charge on any atom is 0.132 e. The van der Waals surface area contributed by atoms with Gasteiger partial charge in [-0.1, -0.05) is 0 Å². The number of rotatable bonds is 4. The van der Waals surface area contributed by atoms with E-state index < -0.39 is 6.10 Å². The van der Waals surface area contributed by atoms with Gasteiger partial charge in [-0.05, 0) is 32.3 Å². The van der Waals surface area contributed by atoms with E-state index >= 15 is 0 Å². The van der Waals surface area contributed by atoms with Crippen molar-refractivity contribution in [3.63, 3.8) is 0 Å². The van der Waals surface area contributed by atoms with E-state index in [1.54, 1.807) is 17.1 Å². The second kappa shape index (κ2) is 5.81. The van der Waals surface area contributed by atoms with Crippen molar-refractivity contribution in [2.45, 2.75) is 38.3 Å². The fraction of sp³-hybridized carbons (Fsp3) is 0.533. The average molecular weight is 287 g/mol. The number of hydrogen-bond acceptors (Lipinski definition) is 5. The fourth-order valence-corrected chi connectivity index (χ4v) is 2.99. The molecule has 6 heteroatoms. The summed E-state index contributed by atoms with van der Waals surface area (Å²) in [7, 11) is 1.86. The Kier molecular flexibility index (Phi) is 3.88. The van der Waals surface area contributed by atoms with Gasteiger partial charge in [0.2, 0.25) is 0 Å². The Hall–Kier alpha value is -1.95. The van der Waals surface area contributed by atoms with E-state index in [1.807, 2.05) is 26.2 Å². The Labute approximate surface area is 124 Å². The van der Waals surface area contributed by atoms with Crippen LogP contribution in [0.5, 0.6) is 0 Å². The minimum absolute atomic E-state index is 0.314. The zero-order valence-electron chi connectivity index (χ0n) is 12.5. The van der Waals surface area contributed by atoms with E-state index in [1.165, 1.54) is 0 Å². The molecule has 0 spiro atoms. The number of aryl methyl sites for hydroxylation is 2. The van der Waals surface area contributed by atoms with Gasteiger partial charge in [0.15, 0.2) is 0 Å². The SMILES string of the molecule is Cc1nccc(N2CCCC2CC(O)c2cnn(C)c2)n1. The van der Waals surface area contributed by atoms with Crippen LogP contribution in [0.25, 0.3) is 0 Å². The maximum atomic E-state index is 10.4. The molecule has 1 saturated heterocycles. The monoisotopic (exact) mass is 287 g/mol. The lowest BCUT2D eigenvalue weighted by Gasteiger charge is -2.27. The molecule has 21 heavy (non-hydrogen) atoms. The van der Waals surface area contributed by atoms with Gasteiger partial charge in [-0.25, -0.2) is 9.97 Å². The highest BCUT2D eigenvalue weighted by atomic mass is 16.3. The van der Waals surface area contributed by atoms with Crippen molar-refractivity contribution in [2.75, 3.05) is 11.4 Å². The molecule has 2 aromatic rings. The molecular weight excluding hydrogens is 266 g/mol. The summed E-state index contributed by atoms with van der Waals surface area (Å²) in [4.78, 5) is 10.9. The van der Waals surface area contributed by atoms with Gasteiger partial charge in [0.1, 0.15) is 11.6 Å². The zero-order valence-corrected chi connectivity index (χ0v) is 12.5. The molecule has 3 heterocycles. The van der Waals surface area contributed by atoms with Crippen LogP contribution in [-0.4, -0.2) is 37.4 Å². The van der Waals surface area contributed by atoms with E-state index in [0.29, 0.717) is 12.5 Å². The highest BCUT2D eigenvalue weighted by Crippen LogP contribution is 2.30. The van der Waals surface area contributed by atoms with Crippen molar-refractivity contribution in [1.82, 2.24) is 19.7 Å². The molecule has 0 aliphatic carbocycles. The molecule has 6 nitrogen and oxygen atoms in total. The Morgan fingerprint density at radius 3 is 3.05 bits per heavy atom. The average Bonchev–Trinajstić information content (AvgIpc) is 3.08.